The molecule has 19 heavy (non-hydrogen) atoms. The van der Waals surface area contributed by atoms with Crippen LogP contribution in [0, 0.1) is 0 Å². The van der Waals surface area contributed by atoms with Gasteiger partial charge in [-0.15, -0.1) is 0 Å². The molecule has 0 spiro atoms. The Morgan fingerprint density at radius 3 is 2.89 bits per heavy atom. The van der Waals surface area contributed by atoms with Gasteiger partial charge in [0.25, 0.3) is 0 Å². The van der Waals surface area contributed by atoms with E-state index in [1.54, 1.807) is 0 Å². The Balaban J connectivity index is 2.10. The number of nitrogens with zero attached hydrogens (tertiary/aromatic N) is 2. The summed E-state index contributed by atoms with van der Waals surface area (Å²) >= 11 is 9.71. The Bertz CT molecular complexity index is 445. The molecule has 2 heterocycles. The van der Waals surface area contributed by atoms with E-state index >= 15 is 0 Å². The molecule has 1 aromatic heterocycles. The van der Waals surface area contributed by atoms with Gasteiger partial charge in [0, 0.05) is 35.3 Å². The van der Waals surface area contributed by atoms with Gasteiger partial charge in [0.05, 0.1) is 5.02 Å². The molecule has 1 aromatic rings. The van der Waals surface area contributed by atoms with Crippen molar-refractivity contribution in [1.29, 1.82) is 0 Å². The first kappa shape index (κ1) is 15.1. The molecule has 106 valence electrons. The average molecular weight is 347 g/mol. The Morgan fingerprint density at radius 2 is 2.26 bits per heavy atom. The zero-order chi connectivity index (χ0) is 14.0. The van der Waals surface area contributed by atoms with E-state index in [4.69, 9.17) is 11.6 Å². The summed E-state index contributed by atoms with van der Waals surface area (Å²) in [6, 6.07) is 2.39. The van der Waals surface area contributed by atoms with Gasteiger partial charge in [-0.05, 0) is 55.6 Å². The second kappa shape index (κ2) is 5.98. The van der Waals surface area contributed by atoms with Crippen molar-refractivity contribution in [2.45, 2.75) is 45.2 Å². The van der Waals surface area contributed by atoms with Gasteiger partial charge in [-0.1, -0.05) is 11.6 Å². The Labute approximate surface area is 128 Å². The molecule has 0 amide bonds. The Hall–Kier alpha value is -0.320. The van der Waals surface area contributed by atoms with Gasteiger partial charge in [0.1, 0.15) is 5.82 Å². The van der Waals surface area contributed by atoms with Crippen LogP contribution in [0.15, 0.2) is 16.7 Å². The predicted octanol–water partition coefficient (Wildman–Crippen LogP) is 3.85. The van der Waals surface area contributed by atoms with Crippen molar-refractivity contribution in [3.63, 3.8) is 0 Å². The first-order valence-corrected chi connectivity index (χ1v) is 7.86. The molecule has 2 rings (SSSR count). The summed E-state index contributed by atoms with van der Waals surface area (Å²) in [5.41, 5.74) is 0.144. The van der Waals surface area contributed by atoms with Crippen LogP contribution in [0.25, 0.3) is 0 Å². The maximum Gasteiger partial charge on any atom is 0.147 e. The first-order valence-electron chi connectivity index (χ1n) is 6.69. The lowest BCUT2D eigenvalue weighted by Gasteiger charge is -2.30. The lowest BCUT2D eigenvalue weighted by molar-refractivity contribution is 0.404. The van der Waals surface area contributed by atoms with Crippen molar-refractivity contribution in [2.75, 3.05) is 18.0 Å². The van der Waals surface area contributed by atoms with Crippen LogP contribution in [-0.2, 0) is 0 Å². The predicted molar refractivity (Wildman–Crippen MR) is 85.1 cm³/mol. The van der Waals surface area contributed by atoms with Gasteiger partial charge in [0.15, 0.2) is 0 Å². The minimum atomic E-state index is 0.144. The highest BCUT2D eigenvalue weighted by Crippen LogP contribution is 2.31. The summed E-state index contributed by atoms with van der Waals surface area (Å²) in [4.78, 5) is 6.80. The van der Waals surface area contributed by atoms with E-state index in [0.717, 1.165) is 28.4 Å². The molecule has 1 atom stereocenters. The van der Waals surface area contributed by atoms with Crippen LogP contribution in [0.4, 0.5) is 5.82 Å². The maximum absolute atomic E-state index is 6.31. The molecule has 0 bridgehead atoms. The number of pyridine rings is 1. The molecule has 1 fully saturated rings. The molecule has 1 aliphatic rings. The van der Waals surface area contributed by atoms with Gasteiger partial charge in [0.2, 0.25) is 0 Å². The van der Waals surface area contributed by atoms with Crippen LogP contribution in [0.3, 0.4) is 0 Å². The highest BCUT2D eigenvalue weighted by atomic mass is 79.9. The van der Waals surface area contributed by atoms with Crippen LogP contribution < -0.4 is 10.2 Å². The van der Waals surface area contributed by atoms with Gasteiger partial charge in [-0.2, -0.15) is 0 Å². The normalized spacial score (nSPS) is 20.1. The second-order valence-corrected chi connectivity index (χ2v) is 7.40. The number of hydrogen-bond donors (Lipinski definition) is 1. The van der Waals surface area contributed by atoms with Crippen molar-refractivity contribution in [3.8, 4) is 0 Å². The fourth-order valence-corrected chi connectivity index (χ4v) is 3.11. The molecule has 0 saturated carbocycles. The Morgan fingerprint density at radius 1 is 1.53 bits per heavy atom. The summed E-state index contributed by atoms with van der Waals surface area (Å²) in [5, 5.41) is 4.29. The molecule has 0 radical (unpaired) electrons. The lowest BCUT2D eigenvalue weighted by Crippen LogP contribution is -2.45. The van der Waals surface area contributed by atoms with Crippen LogP contribution >= 0.6 is 27.5 Å². The topological polar surface area (TPSA) is 28.2 Å². The number of nitrogens with one attached hydrogen (secondary N) is 1. The fraction of sp³-hybridized carbons (Fsp3) is 0.643. The summed E-state index contributed by atoms with van der Waals surface area (Å²) in [6.07, 6.45) is 4.20. The quantitative estimate of drug-likeness (QED) is 0.901. The number of aromatic nitrogens is 1. The van der Waals surface area contributed by atoms with Crippen molar-refractivity contribution in [1.82, 2.24) is 10.3 Å². The van der Waals surface area contributed by atoms with Gasteiger partial charge in [-0.3, -0.25) is 0 Å². The maximum atomic E-state index is 6.31. The van der Waals surface area contributed by atoms with Crippen molar-refractivity contribution in [2.24, 2.45) is 0 Å². The number of anilines is 1. The zero-order valence-electron chi connectivity index (χ0n) is 11.7. The number of halogens is 2. The zero-order valence-corrected chi connectivity index (χ0v) is 14.1. The van der Waals surface area contributed by atoms with E-state index in [2.05, 4.69) is 51.9 Å². The SMILES string of the molecule is CC(C)(C)NCC1CCCN1c1ncc(Br)cc1Cl. The van der Waals surface area contributed by atoms with Crippen LogP contribution in [-0.4, -0.2) is 29.7 Å². The molecule has 0 aliphatic carbocycles. The van der Waals surface area contributed by atoms with Crippen LogP contribution in [0.2, 0.25) is 5.02 Å². The van der Waals surface area contributed by atoms with E-state index < -0.39 is 0 Å². The highest BCUT2D eigenvalue weighted by molar-refractivity contribution is 9.10. The standard InChI is InChI=1S/C14H21BrClN3/c1-14(2,3)18-9-11-5-4-6-19(11)13-12(16)7-10(15)8-17-13/h7-8,11,18H,4-6,9H2,1-3H3. The number of rotatable bonds is 3. The monoisotopic (exact) mass is 345 g/mol. The second-order valence-electron chi connectivity index (χ2n) is 6.08. The summed E-state index contributed by atoms with van der Waals surface area (Å²) in [7, 11) is 0. The van der Waals surface area contributed by atoms with E-state index in [1.807, 2.05) is 12.3 Å². The van der Waals surface area contributed by atoms with Crippen molar-refractivity contribution >= 4 is 33.3 Å². The fourth-order valence-electron chi connectivity index (χ4n) is 2.37. The summed E-state index contributed by atoms with van der Waals surface area (Å²) < 4.78 is 0.921. The summed E-state index contributed by atoms with van der Waals surface area (Å²) in [5.74, 6) is 0.906. The molecule has 5 heteroatoms. The van der Waals surface area contributed by atoms with E-state index in [9.17, 15) is 0 Å². The van der Waals surface area contributed by atoms with Gasteiger partial charge < -0.3 is 10.2 Å². The molecular formula is C14H21BrClN3. The largest absolute Gasteiger partial charge is 0.351 e. The molecule has 1 unspecified atom stereocenters. The molecule has 1 saturated heterocycles. The lowest BCUT2D eigenvalue weighted by atomic mass is 10.1. The first-order chi connectivity index (χ1) is 8.87. The molecule has 0 aromatic carbocycles. The Kier molecular flexibility index (Phi) is 4.75. The molecular weight excluding hydrogens is 326 g/mol. The van der Waals surface area contributed by atoms with Gasteiger partial charge in [-0.25, -0.2) is 4.98 Å². The van der Waals surface area contributed by atoms with E-state index in [1.165, 1.54) is 12.8 Å². The summed E-state index contributed by atoms with van der Waals surface area (Å²) in [6.45, 7) is 8.58. The smallest absolute Gasteiger partial charge is 0.147 e. The molecule has 1 N–H and O–H groups in total. The van der Waals surface area contributed by atoms with Crippen molar-refractivity contribution in [3.05, 3.63) is 21.8 Å². The third-order valence-corrected chi connectivity index (χ3v) is 4.02. The number of hydrogen-bond acceptors (Lipinski definition) is 3. The van der Waals surface area contributed by atoms with Crippen LogP contribution in [0.1, 0.15) is 33.6 Å². The van der Waals surface area contributed by atoms with E-state index in [-0.39, 0.29) is 5.54 Å². The van der Waals surface area contributed by atoms with Gasteiger partial charge >= 0.3 is 0 Å². The highest BCUT2D eigenvalue weighted by Gasteiger charge is 2.28. The van der Waals surface area contributed by atoms with E-state index in [0.29, 0.717) is 6.04 Å². The third kappa shape index (κ3) is 4.07. The molecule has 1 aliphatic heterocycles. The third-order valence-electron chi connectivity index (χ3n) is 3.31. The minimum Gasteiger partial charge on any atom is -0.351 e. The van der Waals surface area contributed by atoms with Crippen LogP contribution in [0.5, 0.6) is 0 Å². The van der Waals surface area contributed by atoms with Crippen molar-refractivity contribution < 1.29 is 0 Å². The average Bonchev–Trinajstić information content (AvgIpc) is 2.73. The molecule has 3 nitrogen and oxygen atoms in total. The minimum absolute atomic E-state index is 0.144.